The van der Waals surface area contributed by atoms with Crippen LogP contribution in [0.2, 0.25) is 0 Å². The molecule has 0 radical (unpaired) electrons. The maximum atomic E-state index is 11.2. The molecular formula is C9H12N4O2S3. The normalized spacial score (nSPS) is 20.8. The molecule has 0 spiro atoms. The van der Waals surface area contributed by atoms with E-state index in [0.29, 0.717) is 10.2 Å². The van der Waals surface area contributed by atoms with Crippen LogP contribution in [0.4, 0.5) is 5.13 Å². The second kappa shape index (κ2) is 5.29. The minimum atomic E-state index is -3.07. The van der Waals surface area contributed by atoms with E-state index >= 15 is 0 Å². The van der Waals surface area contributed by atoms with Gasteiger partial charge in [-0.3, -0.25) is 0 Å². The van der Waals surface area contributed by atoms with Crippen molar-refractivity contribution in [3.63, 3.8) is 0 Å². The van der Waals surface area contributed by atoms with Crippen molar-refractivity contribution < 1.29 is 8.42 Å². The molecule has 0 fully saturated rings. The van der Waals surface area contributed by atoms with Crippen molar-refractivity contribution >= 4 is 43.6 Å². The number of sulfone groups is 1. The minimum absolute atomic E-state index is 0.0329. The van der Waals surface area contributed by atoms with Crippen LogP contribution < -0.4 is 10.6 Å². The third-order valence-electron chi connectivity index (χ3n) is 2.24. The Labute approximate surface area is 114 Å². The number of anilines is 1. The fraction of sp³-hybridized carbons (Fsp3) is 0.444. The molecule has 2 rings (SSSR count). The molecule has 0 aliphatic carbocycles. The molecule has 0 unspecified atom stereocenters. The SMILES string of the molecule is CCc1nnc(NC(=S)N[C@H]2C=CS(=O)(=O)C2)s1. The molecule has 1 aliphatic rings. The van der Waals surface area contributed by atoms with Crippen LogP contribution in [-0.4, -0.2) is 35.5 Å². The first-order chi connectivity index (χ1) is 8.48. The van der Waals surface area contributed by atoms with E-state index in [1.165, 1.54) is 16.7 Å². The number of nitrogens with one attached hydrogen (secondary N) is 2. The Bertz CT molecular complexity index is 578. The summed E-state index contributed by atoms with van der Waals surface area (Å²) >= 11 is 6.50. The molecule has 1 aliphatic heterocycles. The quantitative estimate of drug-likeness (QED) is 0.795. The van der Waals surface area contributed by atoms with Gasteiger partial charge in [0, 0.05) is 5.41 Å². The van der Waals surface area contributed by atoms with Crippen LogP contribution in [0.3, 0.4) is 0 Å². The van der Waals surface area contributed by atoms with Gasteiger partial charge in [0.05, 0.1) is 11.8 Å². The Morgan fingerprint density at radius 3 is 2.94 bits per heavy atom. The highest BCUT2D eigenvalue weighted by Gasteiger charge is 2.22. The molecule has 2 heterocycles. The molecule has 0 bridgehead atoms. The van der Waals surface area contributed by atoms with Gasteiger partial charge in [0.25, 0.3) is 0 Å². The first kappa shape index (κ1) is 13.4. The van der Waals surface area contributed by atoms with Gasteiger partial charge in [0.15, 0.2) is 14.9 Å². The van der Waals surface area contributed by atoms with Crippen LogP contribution in [0.5, 0.6) is 0 Å². The van der Waals surface area contributed by atoms with Crippen molar-refractivity contribution in [3.05, 3.63) is 16.5 Å². The van der Waals surface area contributed by atoms with Crippen molar-refractivity contribution in [1.82, 2.24) is 15.5 Å². The number of thiocarbonyl (C=S) groups is 1. The molecule has 0 saturated heterocycles. The van der Waals surface area contributed by atoms with Crippen molar-refractivity contribution in [2.24, 2.45) is 0 Å². The van der Waals surface area contributed by atoms with E-state index < -0.39 is 9.84 Å². The monoisotopic (exact) mass is 304 g/mol. The van der Waals surface area contributed by atoms with Gasteiger partial charge in [-0.2, -0.15) is 0 Å². The predicted molar refractivity (Wildman–Crippen MR) is 75.4 cm³/mol. The summed E-state index contributed by atoms with van der Waals surface area (Å²) in [5, 5.41) is 16.7. The molecule has 9 heteroatoms. The van der Waals surface area contributed by atoms with Crippen LogP contribution >= 0.6 is 23.6 Å². The topological polar surface area (TPSA) is 84.0 Å². The number of aromatic nitrogens is 2. The van der Waals surface area contributed by atoms with Crippen molar-refractivity contribution in [3.8, 4) is 0 Å². The average Bonchev–Trinajstić information content (AvgIpc) is 2.85. The molecule has 18 heavy (non-hydrogen) atoms. The Morgan fingerprint density at radius 1 is 1.61 bits per heavy atom. The van der Waals surface area contributed by atoms with E-state index in [-0.39, 0.29) is 11.8 Å². The van der Waals surface area contributed by atoms with E-state index in [4.69, 9.17) is 12.2 Å². The molecule has 6 nitrogen and oxygen atoms in total. The lowest BCUT2D eigenvalue weighted by molar-refractivity contribution is 0.603. The van der Waals surface area contributed by atoms with Crippen LogP contribution in [0.1, 0.15) is 11.9 Å². The maximum Gasteiger partial charge on any atom is 0.211 e. The zero-order valence-electron chi connectivity index (χ0n) is 9.58. The summed E-state index contributed by atoms with van der Waals surface area (Å²) in [7, 11) is -3.07. The number of hydrogen-bond acceptors (Lipinski definition) is 6. The van der Waals surface area contributed by atoms with Gasteiger partial charge in [-0.1, -0.05) is 18.3 Å². The third kappa shape index (κ3) is 3.47. The van der Waals surface area contributed by atoms with Gasteiger partial charge < -0.3 is 10.6 Å². The zero-order chi connectivity index (χ0) is 13.2. The number of nitrogens with zero attached hydrogens (tertiary/aromatic N) is 2. The van der Waals surface area contributed by atoms with Crippen molar-refractivity contribution in [2.75, 3.05) is 11.1 Å². The predicted octanol–water partition coefficient (Wildman–Crippen LogP) is 0.698. The fourth-order valence-corrected chi connectivity index (χ4v) is 3.65. The number of hydrogen-bond donors (Lipinski definition) is 2. The summed E-state index contributed by atoms with van der Waals surface area (Å²) in [6.07, 6.45) is 2.41. The molecular weight excluding hydrogens is 292 g/mol. The van der Waals surface area contributed by atoms with Crippen molar-refractivity contribution in [1.29, 1.82) is 0 Å². The highest BCUT2D eigenvalue weighted by atomic mass is 32.2. The molecule has 1 aromatic rings. The van der Waals surface area contributed by atoms with Crippen LogP contribution in [-0.2, 0) is 16.3 Å². The molecule has 1 atom stereocenters. The van der Waals surface area contributed by atoms with E-state index in [1.807, 2.05) is 6.92 Å². The Balaban J connectivity index is 1.88. The van der Waals surface area contributed by atoms with Gasteiger partial charge in [0.2, 0.25) is 5.13 Å². The molecule has 0 saturated carbocycles. The largest absolute Gasteiger partial charge is 0.355 e. The first-order valence-corrected chi connectivity index (χ1v) is 8.23. The van der Waals surface area contributed by atoms with Gasteiger partial charge >= 0.3 is 0 Å². The average molecular weight is 304 g/mol. The highest BCUT2D eigenvalue weighted by molar-refractivity contribution is 7.94. The Hall–Kier alpha value is -1.06. The lowest BCUT2D eigenvalue weighted by Crippen LogP contribution is -2.38. The second-order valence-corrected chi connectivity index (χ2v) is 7.12. The molecule has 0 aromatic carbocycles. The zero-order valence-corrected chi connectivity index (χ0v) is 12.0. The summed E-state index contributed by atoms with van der Waals surface area (Å²) in [6.45, 7) is 2.00. The van der Waals surface area contributed by atoms with E-state index in [1.54, 1.807) is 6.08 Å². The van der Waals surface area contributed by atoms with Crippen LogP contribution in [0.15, 0.2) is 11.5 Å². The lowest BCUT2D eigenvalue weighted by atomic mass is 10.3. The summed E-state index contributed by atoms with van der Waals surface area (Å²) in [5.74, 6) is 0.0329. The Morgan fingerprint density at radius 2 is 2.39 bits per heavy atom. The standard InChI is InChI=1S/C9H12N4O2S3/c1-2-7-12-13-9(17-7)11-8(16)10-6-3-4-18(14,15)5-6/h3-4,6H,2,5H2,1H3,(H2,10,11,13,16)/t6-/m0/s1. The fourth-order valence-electron chi connectivity index (χ4n) is 1.41. The smallest absolute Gasteiger partial charge is 0.211 e. The van der Waals surface area contributed by atoms with Crippen LogP contribution in [0, 0.1) is 0 Å². The highest BCUT2D eigenvalue weighted by Crippen LogP contribution is 2.15. The van der Waals surface area contributed by atoms with Gasteiger partial charge in [0.1, 0.15) is 5.01 Å². The molecule has 0 amide bonds. The summed E-state index contributed by atoms with van der Waals surface area (Å²) < 4.78 is 22.4. The van der Waals surface area contributed by atoms with Crippen LogP contribution in [0.25, 0.3) is 0 Å². The first-order valence-electron chi connectivity index (χ1n) is 5.29. The maximum absolute atomic E-state index is 11.2. The number of rotatable bonds is 3. The molecule has 98 valence electrons. The molecule has 2 N–H and O–H groups in total. The van der Waals surface area contributed by atoms with E-state index in [0.717, 1.165) is 11.4 Å². The summed E-state index contributed by atoms with van der Waals surface area (Å²) in [5.41, 5.74) is 0. The van der Waals surface area contributed by atoms with Crippen molar-refractivity contribution in [2.45, 2.75) is 19.4 Å². The molecule has 1 aromatic heterocycles. The lowest BCUT2D eigenvalue weighted by Gasteiger charge is -2.12. The minimum Gasteiger partial charge on any atom is -0.355 e. The van der Waals surface area contributed by atoms with E-state index in [2.05, 4.69) is 20.8 Å². The summed E-state index contributed by atoms with van der Waals surface area (Å²) in [6, 6.07) is -0.284. The van der Waals surface area contributed by atoms with Gasteiger partial charge in [-0.25, -0.2) is 8.42 Å². The Kier molecular flexibility index (Phi) is 3.93. The summed E-state index contributed by atoms with van der Waals surface area (Å²) in [4.78, 5) is 0. The number of aryl methyl sites for hydroxylation is 1. The van der Waals surface area contributed by atoms with Gasteiger partial charge in [-0.15, -0.1) is 10.2 Å². The third-order valence-corrected chi connectivity index (χ3v) is 4.83. The van der Waals surface area contributed by atoms with E-state index in [9.17, 15) is 8.42 Å². The van der Waals surface area contributed by atoms with Gasteiger partial charge in [-0.05, 0) is 24.7 Å². The second-order valence-electron chi connectivity index (χ2n) is 3.72.